The highest BCUT2D eigenvalue weighted by Crippen LogP contribution is 2.16. The summed E-state index contributed by atoms with van der Waals surface area (Å²) in [5.74, 6) is 1.33. The standard InChI is InChI=1S/C21H27NO3/c1-3-4-5-6-15-24-19-13-9-18(10-14-19)22-21(23)16-25-20-11-7-17(2)8-12-20/h7-14H,3-6,15-16H2,1-2H3,(H,22,23). The predicted molar refractivity (Wildman–Crippen MR) is 101 cm³/mol. The van der Waals surface area contributed by atoms with Gasteiger partial charge in [-0.05, 0) is 49.7 Å². The predicted octanol–water partition coefficient (Wildman–Crippen LogP) is 4.97. The summed E-state index contributed by atoms with van der Waals surface area (Å²) >= 11 is 0. The average Bonchev–Trinajstić information content (AvgIpc) is 2.62. The SMILES string of the molecule is CCCCCCOc1ccc(NC(=O)COc2ccc(C)cc2)cc1. The van der Waals surface area contributed by atoms with E-state index in [2.05, 4.69) is 12.2 Å². The fourth-order valence-electron chi connectivity index (χ4n) is 2.33. The van der Waals surface area contributed by atoms with Crippen LogP contribution in [0.5, 0.6) is 11.5 Å². The first-order valence-electron chi connectivity index (χ1n) is 8.89. The fraction of sp³-hybridized carbons (Fsp3) is 0.381. The van der Waals surface area contributed by atoms with Crippen molar-refractivity contribution in [1.29, 1.82) is 0 Å². The van der Waals surface area contributed by atoms with Crippen molar-refractivity contribution in [2.45, 2.75) is 39.5 Å². The van der Waals surface area contributed by atoms with E-state index >= 15 is 0 Å². The lowest BCUT2D eigenvalue weighted by Gasteiger charge is -2.09. The molecule has 4 nitrogen and oxygen atoms in total. The summed E-state index contributed by atoms with van der Waals surface area (Å²) in [7, 11) is 0. The Hall–Kier alpha value is -2.49. The minimum atomic E-state index is -0.186. The number of rotatable bonds is 10. The van der Waals surface area contributed by atoms with Gasteiger partial charge in [-0.3, -0.25) is 4.79 Å². The van der Waals surface area contributed by atoms with E-state index in [4.69, 9.17) is 9.47 Å². The first-order chi connectivity index (χ1) is 12.2. The van der Waals surface area contributed by atoms with Crippen molar-refractivity contribution in [2.24, 2.45) is 0 Å². The van der Waals surface area contributed by atoms with Gasteiger partial charge in [-0.1, -0.05) is 43.9 Å². The van der Waals surface area contributed by atoms with E-state index in [1.165, 1.54) is 19.3 Å². The van der Waals surface area contributed by atoms with Crippen molar-refractivity contribution in [3.8, 4) is 11.5 Å². The summed E-state index contributed by atoms with van der Waals surface area (Å²) in [6, 6.07) is 15.0. The third-order valence-corrected chi connectivity index (χ3v) is 3.80. The van der Waals surface area contributed by atoms with Gasteiger partial charge >= 0.3 is 0 Å². The Balaban J connectivity index is 1.70. The molecule has 0 saturated heterocycles. The number of aryl methyl sites for hydroxylation is 1. The van der Waals surface area contributed by atoms with Crippen molar-refractivity contribution < 1.29 is 14.3 Å². The third kappa shape index (κ3) is 7.29. The van der Waals surface area contributed by atoms with Crippen LogP contribution in [0, 0.1) is 6.92 Å². The zero-order valence-corrected chi connectivity index (χ0v) is 15.1. The zero-order valence-electron chi connectivity index (χ0n) is 15.1. The molecule has 2 aromatic carbocycles. The number of nitrogens with one attached hydrogen (secondary N) is 1. The van der Waals surface area contributed by atoms with Crippen LogP contribution < -0.4 is 14.8 Å². The first-order valence-corrected chi connectivity index (χ1v) is 8.89. The van der Waals surface area contributed by atoms with Crippen molar-refractivity contribution in [3.63, 3.8) is 0 Å². The van der Waals surface area contributed by atoms with E-state index in [0.717, 1.165) is 30.0 Å². The van der Waals surface area contributed by atoms with E-state index in [1.54, 1.807) is 0 Å². The van der Waals surface area contributed by atoms with Gasteiger partial charge in [0.1, 0.15) is 11.5 Å². The second-order valence-corrected chi connectivity index (χ2v) is 6.08. The molecule has 0 spiro atoms. The molecule has 134 valence electrons. The molecule has 2 rings (SSSR count). The maximum atomic E-state index is 11.9. The minimum absolute atomic E-state index is 0.0151. The molecule has 0 saturated carbocycles. The monoisotopic (exact) mass is 341 g/mol. The summed E-state index contributed by atoms with van der Waals surface area (Å²) in [5.41, 5.74) is 1.89. The molecule has 0 heterocycles. The smallest absolute Gasteiger partial charge is 0.262 e. The lowest BCUT2D eigenvalue weighted by molar-refractivity contribution is -0.118. The van der Waals surface area contributed by atoms with Crippen LogP contribution in [0.25, 0.3) is 0 Å². The number of amides is 1. The number of benzene rings is 2. The Kier molecular flexibility index (Phi) is 7.83. The van der Waals surface area contributed by atoms with Crippen LogP contribution in [-0.2, 0) is 4.79 Å². The molecule has 25 heavy (non-hydrogen) atoms. The largest absolute Gasteiger partial charge is 0.494 e. The van der Waals surface area contributed by atoms with Gasteiger partial charge in [0, 0.05) is 5.69 Å². The highest BCUT2D eigenvalue weighted by Gasteiger charge is 2.04. The van der Waals surface area contributed by atoms with Crippen LogP contribution >= 0.6 is 0 Å². The molecule has 1 N–H and O–H groups in total. The summed E-state index contributed by atoms with van der Waals surface area (Å²) in [5, 5.41) is 2.82. The summed E-state index contributed by atoms with van der Waals surface area (Å²) in [6.45, 7) is 4.92. The van der Waals surface area contributed by atoms with E-state index < -0.39 is 0 Å². The molecule has 4 heteroatoms. The van der Waals surface area contributed by atoms with E-state index in [-0.39, 0.29) is 12.5 Å². The van der Waals surface area contributed by atoms with E-state index in [0.29, 0.717) is 5.75 Å². The lowest BCUT2D eigenvalue weighted by Crippen LogP contribution is -2.20. The Morgan fingerprint density at radius 1 is 0.880 bits per heavy atom. The van der Waals surface area contributed by atoms with Crippen LogP contribution in [0.15, 0.2) is 48.5 Å². The Labute approximate surface area is 150 Å². The lowest BCUT2D eigenvalue weighted by atomic mass is 10.2. The number of ether oxygens (including phenoxy) is 2. The summed E-state index contributed by atoms with van der Waals surface area (Å²) < 4.78 is 11.2. The van der Waals surface area contributed by atoms with E-state index in [9.17, 15) is 4.79 Å². The number of carbonyl (C=O) groups is 1. The topological polar surface area (TPSA) is 47.6 Å². The van der Waals surface area contributed by atoms with Crippen molar-refractivity contribution in [1.82, 2.24) is 0 Å². The summed E-state index contributed by atoms with van der Waals surface area (Å²) in [4.78, 5) is 11.9. The second kappa shape index (κ2) is 10.4. The summed E-state index contributed by atoms with van der Waals surface area (Å²) in [6.07, 6.45) is 4.75. The second-order valence-electron chi connectivity index (χ2n) is 6.08. The molecule has 0 atom stereocenters. The highest BCUT2D eigenvalue weighted by atomic mass is 16.5. The van der Waals surface area contributed by atoms with Crippen molar-refractivity contribution in [3.05, 3.63) is 54.1 Å². The van der Waals surface area contributed by atoms with Crippen LogP contribution in [-0.4, -0.2) is 19.1 Å². The molecule has 1 amide bonds. The van der Waals surface area contributed by atoms with Gasteiger partial charge in [0.05, 0.1) is 6.61 Å². The van der Waals surface area contributed by atoms with Crippen LogP contribution in [0.1, 0.15) is 38.2 Å². The quantitative estimate of drug-likeness (QED) is 0.621. The zero-order chi connectivity index (χ0) is 17.9. The van der Waals surface area contributed by atoms with E-state index in [1.807, 2.05) is 55.5 Å². The maximum absolute atomic E-state index is 11.9. The average molecular weight is 341 g/mol. The molecule has 0 aliphatic carbocycles. The number of unbranched alkanes of at least 4 members (excludes halogenated alkanes) is 3. The van der Waals surface area contributed by atoms with Crippen molar-refractivity contribution >= 4 is 11.6 Å². The van der Waals surface area contributed by atoms with Crippen LogP contribution in [0.3, 0.4) is 0 Å². The maximum Gasteiger partial charge on any atom is 0.262 e. The molecule has 0 unspecified atom stereocenters. The van der Waals surface area contributed by atoms with Gasteiger partial charge in [-0.2, -0.15) is 0 Å². The molecular formula is C21H27NO3. The minimum Gasteiger partial charge on any atom is -0.494 e. The molecule has 0 aromatic heterocycles. The molecule has 0 radical (unpaired) electrons. The number of anilines is 1. The normalized spacial score (nSPS) is 10.3. The Morgan fingerprint density at radius 3 is 2.20 bits per heavy atom. The van der Waals surface area contributed by atoms with Crippen LogP contribution in [0.2, 0.25) is 0 Å². The highest BCUT2D eigenvalue weighted by molar-refractivity contribution is 5.91. The number of hydrogen-bond acceptors (Lipinski definition) is 3. The molecule has 0 aliphatic rings. The van der Waals surface area contributed by atoms with Gasteiger partial charge in [0.15, 0.2) is 6.61 Å². The molecular weight excluding hydrogens is 314 g/mol. The van der Waals surface area contributed by atoms with Gasteiger partial charge in [0.2, 0.25) is 0 Å². The first kappa shape index (κ1) is 18.8. The molecule has 0 aliphatic heterocycles. The van der Waals surface area contributed by atoms with Gasteiger partial charge in [-0.15, -0.1) is 0 Å². The molecule has 0 fully saturated rings. The third-order valence-electron chi connectivity index (χ3n) is 3.80. The number of carbonyl (C=O) groups excluding carboxylic acids is 1. The van der Waals surface area contributed by atoms with Crippen molar-refractivity contribution in [2.75, 3.05) is 18.5 Å². The fourth-order valence-corrected chi connectivity index (χ4v) is 2.33. The van der Waals surface area contributed by atoms with Gasteiger partial charge in [-0.25, -0.2) is 0 Å². The van der Waals surface area contributed by atoms with Gasteiger partial charge in [0.25, 0.3) is 5.91 Å². The number of hydrogen-bond donors (Lipinski definition) is 1. The van der Waals surface area contributed by atoms with Gasteiger partial charge < -0.3 is 14.8 Å². The molecule has 2 aromatic rings. The molecule has 0 bridgehead atoms. The Morgan fingerprint density at radius 2 is 1.52 bits per heavy atom. The Bertz CT molecular complexity index is 635. The van der Waals surface area contributed by atoms with Crippen LogP contribution in [0.4, 0.5) is 5.69 Å².